The van der Waals surface area contributed by atoms with Crippen LogP contribution in [0, 0.1) is 0 Å². The summed E-state index contributed by atoms with van der Waals surface area (Å²) in [6, 6.07) is -0.823. The molecule has 7 unspecified atom stereocenters. The van der Waals surface area contributed by atoms with Crippen molar-refractivity contribution in [3.05, 3.63) is 60.8 Å². The maximum Gasteiger partial charge on any atom is 0.220 e. The van der Waals surface area contributed by atoms with E-state index in [0.717, 1.165) is 51.4 Å². The van der Waals surface area contributed by atoms with Crippen molar-refractivity contribution in [3.63, 3.8) is 0 Å². The second kappa shape index (κ2) is 63.9. The Hall–Kier alpha value is -2.11. The fourth-order valence-electron chi connectivity index (χ4n) is 11.6. The van der Waals surface area contributed by atoms with Crippen LogP contribution in [0.2, 0.25) is 0 Å². The van der Waals surface area contributed by atoms with Crippen molar-refractivity contribution in [1.29, 1.82) is 0 Å². The van der Waals surface area contributed by atoms with Crippen molar-refractivity contribution in [2.45, 2.75) is 397 Å². The van der Waals surface area contributed by atoms with Crippen molar-refractivity contribution >= 4 is 5.91 Å². The van der Waals surface area contributed by atoms with E-state index in [9.17, 15) is 30.3 Å². The van der Waals surface area contributed by atoms with Crippen molar-refractivity contribution < 1.29 is 39.8 Å². The third-order valence-electron chi connectivity index (χ3n) is 17.3. The molecule has 6 N–H and O–H groups in total. The lowest BCUT2D eigenvalue weighted by Crippen LogP contribution is -2.60. The minimum absolute atomic E-state index is 0.181. The van der Waals surface area contributed by atoms with E-state index in [0.29, 0.717) is 6.42 Å². The zero-order chi connectivity index (χ0) is 60.7. The summed E-state index contributed by atoms with van der Waals surface area (Å²) in [5, 5.41) is 54.8. The van der Waals surface area contributed by atoms with Crippen LogP contribution in [0.25, 0.3) is 0 Å². The van der Waals surface area contributed by atoms with Gasteiger partial charge in [-0.05, 0) is 70.6 Å². The number of amides is 1. The summed E-state index contributed by atoms with van der Waals surface area (Å²) in [7, 11) is 0. The van der Waals surface area contributed by atoms with E-state index in [1.165, 1.54) is 283 Å². The van der Waals surface area contributed by atoms with E-state index < -0.39 is 49.5 Å². The Morgan fingerprint density at radius 1 is 0.405 bits per heavy atom. The molecule has 0 bridgehead atoms. The number of nitrogens with one attached hydrogen (secondary N) is 1. The monoisotopic (exact) mass is 1180 g/mol. The zero-order valence-electron chi connectivity index (χ0n) is 55.2. The third-order valence-corrected chi connectivity index (χ3v) is 17.3. The minimum atomic E-state index is -1.57. The molecule has 0 radical (unpaired) electrons. The summed E-state index contributed by atoms with van der Waals surface area (Å²) in [5.41, 5.74) is 0. The zero-order valence-corrected chi connectivity index (χ0v) is 55.2. The van der Waals surface area contributed by atoms with Crippen LogP contribution in [-0.2, 0) is 14.3 Å². The molecule has 7 atom stereocenters. The van der Waals surface area contributed by atoms with Gasteiger partial charge in [0, 0.05) is 6.42 Å². The fourth-order valence-corrected chi connectivity index (χ4v) is 11.6. The van der Waals surface area contributed by atoms with Gasteiger partial charge in [-0.25, -0.2) is 0 Å². The number of unbranched alkanes of at least 4 members (excludes halogenated alkanes) is 46. The topological polar surface area (TPSA) is 149 Å². The third kappa shape index (κ3) is 51.9. The molecule has 1 rings (SSSR count). The SMILES string of the molecule is CCCCCCC/C=C\C/C=C\C/C=C\CCCCCCCCCCCCCCCCCCCCCCCCC(=O)NC(COC1OC(CO)C(O)C(O)C1O)C(O)/C=C/CC/C=C/CCCCCCCCCCCCCCCCCCCC. The van der Waals surface area contributed by atoms with E-state index >= 15 is 0 Å². The Balaban J connectivity index is 2.10. The van der Waals surface area contributed by atoms with Gasteiger partial charge in [0.1, 0.15) is 24.4 Å². The van der Waals surface area contributed by atoms with Crippen molar-refractivity contribution in [2.24, 2.45) is 0 Å². The van der Waals surface area contributed by atoms with Gasteiger partial charge in [-0.3, -0.25) is 4.79 Å². The standard InChI is InChI=1S/C75H139NO8/c1-3-5-7-9-11-13-15-17-19-21-23-25-27-29-30-31-32-33-34-35-36-37-38-39-40-41-43-45-47-49-51-53-55-57-59-61-63-65-71(79)76-68(67-83-75-74(82)73(81)72(80)70(66-77)84-75)69(78)64-62-60-58-56-54-52-50-48-46-44-42-28-26-24-22-20-18-16-14-12-10-8-6-4-2/h15,17,21,23,27,29,54,56,62,64,68-70,72-75,77-78,80-82H,3-14,16,18-20,22,24-26,28,30-53,55,57-61,63,65-67H2,1-2H3,(H,76,79)/b17-15-,23-21-,29-27-,56-54+,64-62+. The first-order valence-electron chi connectivity index (χ1n) is 36.5. The predicted octanol–water partition coefficient (Wildman–Crippen LogP) is 20.1. The average molecular weight is 1180 g/mol. The molecule has 0 aromatic rings. The molecule has 84 heavy (non-hydrogen) atoms. The van der Waals surface area contributed by atoms with Gasteiger partial charge in [-0.1, -0.05) is 338 Å². The van der Waals surface area contributed by atoms with E-state index in [4.69, 9.17) is 9.47 Å². The lowest BCUT2D eigenvalue weighted by molar-refractivity contribution is -0.302. The molecule has 1 fully saturated rings. The fraction of sp³-hybridized carbons (Fsp3) is 0.853. The smallest absolute Gasteiger partial charge is 0.220 e. The highest BCUT2D eigenvalue weighted by atomic mass is 16.7. The lowest BCUT2D eigenvalue weighted by atomic mass is 9.99. The highest BCUT2D eigenvalue weighted by Gasteiger charge is 2.44. The van der Waals surface area contributed by atoms with Gasteiger partial charge in [0.25, 0.3) is 0 Å². The molecule has 1 heterocycles. The van der Waals surface area contributed by atoms with Crippen LogP contribution in [0.15, 0.2) is 60.8 Å². The molecule has 0 aromatic carbocycles. The van der Waals surface area contributed by atoms with Crippen LogP contribution in [-0.4, -0.2) is 87.5 Å². The number of allylic oxidation sites excluding steroid dienone is 9. The summed E-state index contributed by atoms with van der Waals surface area (Å²) in [5.74, 6) is -0.181. The molecular formula is C75H139NO8. The Morgan fingerprint density at radius 3 is 1.08 bits per heavy atom. The maximum atomic E-state index is 13.1. The van der Waals surface area contributed by atoms with Crippen molar-refractivity contribution in [3.8, 4) is 0 Å². The molecule has 1 aliphatic rings. The average Bonchev–Trinajstić information content (AvgIpc) is 3.70. The van der Waals surface area contributed by atoms with Gasteiger partial charge in [-0.2, -0.15) is 0 Å². The van der Waals surface area contributed by atoms with Crippen molar-refractivity contribution in [2.75, 3.05) is 13.2 Å². The van der Waals surface area contributed by atoms with Gasteiger partial charge in [-0.15, -0.1) is 0 Å². The number of aliphatic hydroxyl groups is 5. The van der Waals surface area contributed by atoms with E-state index in [2.05, 4.69) is 67.8 Å². The molecule has 0 saturated carbocycles. The van der Waals surface area contributed by atoms with Gasteiger partial charge in [0.15, 0.2) is 6.29 Å². The van der Waals surface area contributed by atoms with Gasteiger partial charge in [0.05, 0.1) is 25.4 Å². The summed E-state index contributed by atoms with van der Waals surface area (Å²) in [6.07, 6.45) is 82.0. The second-order valence-electron chi connectivity index (χ2n) is 25.4. The quantitative estimate of drug-likeness (QED) is 0.0261. The Bertz CT molecular complexity index is 1510. The normalized spacial score (nSPS) is 18.5. The number of aliphatic hydroxyl groups excluding tert-OH is 5. The van der Waals surface area contributed by atoms with Crippen LogP contribution in [0.3, 0.4) is 0 Å². The summed E-state index contributed by atoms with van der Waals surface area (Å²) in [4.78, 5) is 13.1. The Morgan fingerprint density at radius 2 is 0.714 bits per heavy atom. The molecule has 1 saturated heterocycles. The number of ether oxygens (including phenoxy) is 2. The molecule has 0 aliphatic carbocycles. The van der Waals surface area contributed by atoms with Gasteiger partial charge in [0.2, 0.25) is 5.91 Å². The number of hydrogen-bond donors (Lipinski definition) is 6. The molecule has 0 aromatic heterocycles. The molecular weight excluding hydrogens is 1040 g/mol. The maximum absolute atomic E-state index is 13.1. The summed E-state index contributed by atoms with van der Waals surface area (Å²) >= 11 is 0. The second-order valence-corrected chi connectivity index (χ2v) is 25.4. The van der Waals surface area contributed by atoms with Crippen LogP contribution < -0.4 is 5.32 Å². The van der Waals surface area contributed by atoms with Gasteiger partial charge >= 0.3 is 0 Å². The Labute approximate surface area is 519 Å². The number of hydrogen-bond acceptors (Lipinski definition) is 8. The van der Waals surface area contributed by atoms with Crippen LogP contribution in [0.5, 0.6) is 0 Å². The van der Waals surface area contributed by atoms with E-state index in [1.54, 1.807) is 6.08 Å². The molecule has 9 nitrogen and oxygen atoms in total. The summed E-state index contributed by atoms with van der Waals surface area (Å²) < 4.78 is 11.3. The van der Waals surface area contributed by atoms with Crippen LogP contribution in [0.4, 0.5) is 0 Å². The summed E-state index contributed by atoms with van der Waals surface area (Å²) in [6.45, 7) is 3.80. The first-order valence-corrected chi connectivity index (χ1v) is 36.5. The van der Waals surface area contributed by atoms with Crippen LogP contribution in [0.1, 0.15) is 354 Å². The largest absolute Gasteiger partial charge is 0.394 e. The lowest BCUT2D eigenvalue weighted by Gasteiger charge is -2.40. The minimum Gasteiger partial charge on any atom is -0.394 e. The van der Waals surface area contributed by atoms with Crippen LogP contribution >= 0.6 is 0 Å². The Kier molecular flexibility index (Phi) is 60.8. The number of carbonyl (C=O) groups excluding carboxylic acids is 1. The molecule has 492 valence electrons. The highest BCUT2D eigenvalue weighted by molar-refractivity contribution is 5.76. The molecule has 1 aliphatic heterocycles. The molecule has 1 amide bonds. The first kappa shape index (κ1) is 79.9. The predicted molar refractivity (Wildman–Crippen MR) is 359 cm³/mol. The van der Waals surface area contributed by atoms with E-state index in [1.807, 2.05) is 6.08 Å². The first-order chi connectivity index (χ1) is 41.3. The van der Waals surface area contributed by atoms with Gasteiger partial charge < -0.3 is 40.3 Å². The van der Waals surface area contributed by atoms with E-state index in [-0.39, 0.29) is 12.5 Å². The number of carbonyl (C=O) groups is 1. The number of rotatable bonds is 64. The highest BCUT2D eigenvalue weighted by Crippen LogP contribution is 2.23. The van der Waals surface area contributed by atoms with Crippen molar-refractivity contribution in [1.82, 2.24) is 5.32 Å². The molecule has 0 spiro atoms. The molecule has 9 heteroatoms.